The Kier molecular flexibility index (Phi) is 8.40. The van der Waals surface area contributed by atoms with Gasteiger partial charge in [0, 0.05) is 36.0 Å². The molecule has 1 aromatic heterocycles. The van der Waals surface area contributed by atoms with Gasteiger partial charge in [-0.2, -0.15) is 0 Å². The van der Waals surface area contributed by atoms with Crippen LogP contribution < -0.4 is 11.1 Å². The van der Waals surface area contributed by atoms with Crippen LogP contribution in [0.25, 0.3) is 11.1 Å². The molecule has 1 unspecified atom stereocenters. The average Bonchev–Trinajstić information content (AvgIpc) is 2.73. The molecule has 0 aliphatic heterocycles. The van der Waals surface area contributed by atoms with Crippen molar-refractivity contribution in [1.82, 2.24) is 4.98 Å². The van der Waals surface area contributed by atoms with Crippen LogP contribution in [0.15, 0.2) is 54.7 Å². The number of pyridine rings is 1. The van der Waals surface area contributed by atoms with E-state index in [-0.39, 0.29) is 5.56 Å². The van der Waals surface area contributed by atoms with Gasteiger partial charge in [-0.1, -0.05) is 19.9 Å². The monoisotopic (exact) mass is 441 g/mol. The van der Waals surface area contributed by atoms with Crippen LogP contribution >= 0.6 is 0 Å². The van der Waals surface area contributed by atoms with Gasteiger partial charge in [0.1, 0.15) is 17.5 Å². The largest absolute Gasteiger partial charge is 0.447 e. The normalized spacial score (nSPS) is 11.1. The number of hydrogen-bond donors (Lipinski definition) is 2. The van der Waals surface area contributed by atoms with E-state index in [1.54, 1.807) is 30.5 Å². The number of nitrogens with zero attached hydrogens (tertiary/aromatic N) is 1. The Morgan fingerprint density at radius 2 is 1.69 bits per heavy atom. The first-order chi connectivity index (χ1) is 15.2. The number of amides is 1. The molecule has 1 amide bonds. The van der Waals surface area contributed by atoms with Crippen LogP contribution in [0, 0.1) is 18.6 Å². The topological polar surface area (TPSA) is 94.3 Å². The van der Waals surface area contributed by atoms with Crippen molar-refractivity contribution in [2.45, 2.75) is 33.8 Å². The van der Waals surface area contributed by atoms with E-state index < -0.39 is 29.6 Å². The third-order valence-electron chi connectivity index (χ3n) is 4.30. The third kappa shape index (κ3) is 6.34. The number of carbonyl (C=O) groups excluding carboxylic acids is 2. The molecule has 0 fully saturated rings. The summed E-state index contributed by atoms with van der Waals surface area (Å²) in [7, 11) is 0. The van der Waals surface area contributed by atoms with E-state index in [0.717, 1.165) is 35.7 Å². The Bertz CT molecular complexity index is 1080. The van der Waals surface area contributed by atoms with E-state index in [1.807, 2.05) is 26.8 Å². The number of nitrogens with two attached hydrogens (primary N) is 1. The predicted molar refractivity (Wildman–Crippen MR) is 120 cm³/mol. The van der Waals surface area contributed by atoms with Gasteiger partial charge < -0.3 is 15.8 Å². The van der Waals surface area contributed by atoms with E-state index >= 15 is 0 Å². The molecule has 8 heteroatoms. The van der Waals surface area contributed by atoms with Crippen molar-refractivity contribution in [3.63, 3.8) is 0 Å². The number of carbonyl (C=O) groups is 2. The first kappa shape index (κ1) is 24.5. The summed E-state index contributed by atoms with van der Waals surface area (Å²) in [4.78, 5) is 28.2. The van der Waals surface area contributed by atoms with Gasteiger partial charge in [-0.05, 0) is 54.4 Å². The Morgan fingerprint density at radius 3 is 2.22 bits per heavy atom. The van der Waals surface area contributed by atoms with Crippen molar-refractivity contribution in [1.29, 1.82) is 0 Å². The Labute approximate surface area is 185 Å². The highest BCUT2D eigenvalue weighted by molar-refractivity contribution is 5.96. The van der Waals surface area contributed by atoms with Crippen LogP contribution in [0.3, 0.4) is 0 Å². The van der Waals surface area contributed by atoms with Gasteiger partial charge in [0.05, 0.1) is 0 Å². The molecule has 1 heterocycles. The molecule has 0 saturated carbocycles. The molecule has 0 spiro atoms. The molecular formula is C24H25F2N3O3. The van der Waals surface area contributed by atoms with Crippen molar-refractivity contribution in [3.05, 3.63) is 77.5 Å². The van der Waals surface area contributed by atoms with E-state index in [2.05, 4.69) is 10.3 Å². The summed E-state index contributed by atoms with van der Waals surface area (Å²) in [5.41, 5.74) is 8.52. The first-order valence-electron chi connectivity index (χ1n) is 9.99. The molecule has 3 N–H and O–H groups in total. The molecule has 168 valence electrons. The maximum Gasteiger partial charge on any atom is 0.303 e. The minimum Gasteiger partial charge on any atom is -0.447 e. The number of nitrogens with one attached hydrogen (secondary N) is 1. The molecule has 3 rings (SSSR count). The second-order valence-electron chi connectivity index (χ2n) is 6.68. The SMILES string of the molecule is CC.CC(=O)OC(C(=O)Nc1ccc(-c2ccc(N)nc2)c(C)c1)c1cc(F)cc(F)c1. The number of anilines is 2. The maximum absolute atomic E-state index is 13.6. The summed E-state index contributed by atoms with van der Waals surface area (Å²) >= 11 is 0. The number of nitrogen functional groups attached to an aromatic ring is 1. The number of hydrogen-bond acceptors (Lipinski definition) is 5. The fraction of sp³-hybridized carbons (Fsp3) is 0.208. The second-order valence-corrected chi connectivity index (χ2v) is 6.68. The lowest BCUT2D eigenvalue weighted by Crippen LogP contribution is -2.25. The summed E-state index contributed by atoms with van der Waals surface area (Å²) in [6.07, 6.45) is 0.138. The van der Waals surface area contributed by atoms with Gasteiger partial charge >= 0.3 is 5.97 Å². The molecule has 0 bridgehead atoms. The summed E-state index contributed by atoms with van der Waals surface area (Å²) < 4.78 is 32.2. The van der Waals surface area contributed by atoms with Gasteiger partial charge in [-0.15, -0.1) is 0 Å². The van der Waals surface area contributed by atoms with Gasteiger partial charge in [0.2, 0.25) is 6.10 Å². The summed E-state index contributed by atoms with van der Waals surface area (Å²) in [5, 5.41) is 2.62. The molecule has 0 radical (unpaired) electrons. The lowest BCUT2D eigenvalue weighted by atomic mass is 10.0. The summed E-state index contributed by atoms with van der Waals surface area (Å²) in [5.74, 6) is -2.86. The summed E-state index contributed by atoms with van der Waals surface area (Å²) in [6.45, 7) is 6.96. The Hall–Kier alpha value is -3.81. The molecule has 0 aliphatic carbocycles. The summed E-state index contributed by atoms with van der Waals surface area (Å²) in [6, 6.07) is 11.2. The number of benzene rings is 2. The van der Waals surface area contributed by atoms with Crippen molar-refractivity contribution in [3.8, 4) is 11.1 Å². The predicted octanol–water partition coefficient (Wildman–Crippen LogP) is 5.19. The lowest BCUT2D eigenvalue weighted by molar-refractivity contribution is -0.152. The van der Waals surface area contributed by atoms with Crippen LogP contribution in [0.4, 0.5) is 20.3 Å². The molecular weight excluding hydrogens is 416 g/mol. The fourth-order valence-corrected chi connectivity index (χ4v) is 3.00. The van der Waals surface area contributed by atoms with Crippen molar-refractivity contribution in [2.75, 3.05) is 11.1 Å². The molecule has 32 heavy (non-hydrogen) atoms. The number of esters is 1. The molecule has 3 aromatic rings. The van der Waals surface area contributed by atoms with Gasteiger partial charge in [-0.3, -0.25) is 9.59 Å². The zero-order valence-corrected chi connectivity index (χ0v) is 18.3. The van der Waals surface area contributed by atoms with E-state index in [1.165, 1.54) is 0 Å². The number of halogens is 2. The highest BCUT2D eigenvalue weighted by Crippen LogP contribution is 2.27. The average molecular weight is 441 g/mol. The third-order valence-corrected chi connectivity index (χ3v) is 4.30. The standard InChI is InChI=1S/C22H19F2N3O3.C2H6/c1-12-7-18(4-5-19(12)14-3-6-20(25)26-11-14)27-22(29)21(30-13(2)28)15-8-16(23)10-17(24)9-15;1-2/h3-11,21H,1-2H3,(H2,25,26)(H,27,29);1-2H3. The molecule has 1 atom stereocenters. The number of rotatable bonds is 5. The minimum atomic E-state index is -1.51. The van der Waals surface area contributed by atoms with E-state index in [0.29, 0.717) is 17.6 Å². The minimum absolute atomic E-state index is 0.110. The highest BCUT2D eigenvalue weighted by atomic mass is 19.1. The van der Waals surface area contributed by atoms with Crippen molar-refractivity contribution in [2.24, 2.45) is 0 Å². The Balaban J connectivity index is 0.00000176. The second kappa shape index (κ2) is 11.0. The first-order valence-corrected chi connectivity index (χ1v) is 9.99. The number of aryl methyl sites for hydroxylation is 1. The van der Waals surface area contributed by atoms with Gasteiger partial charge in [-0.25, -0.2) is 13.8 Å². The van der Waals surface area contributed by atoms with Gasteiger partial charge in [0.15, 0.2) is 0 Å². The number of ether oxygens (including phenoxy) is 1. The quantitative estimate of drug-likeness (QED) is 0.532. The van der Waals surface area contributed by atoms with Crippen LogP contribution in [0.5, 0.6) is 0 Å². The molecule has 0 saturated heterocycles. The van der Waals surface area contributed by atoms with Crippen molar-refractivity contribution < 1.29 is 23.1 Å². The zero-order chi connectivity index (χ0) is 23.8. The molecule has 2 aromatic carbocycles. The Morgan fingerprint density at radius 1 is 1.03 bits per heavy atom. The molecule has 0 aliphatic rings. The number of aromatic nitrogens is 1. The fourth-order valence-electron chi connectivity index (χ4n) is 3.00. The maximum atomic E-state index is 13.6. The van der Waals surface area contributed by atoms with Crippen LogP contribution in [0.2, 0.25) is 0 Å². The zero-order valence-electron chi connectivity index (χ0n) is 18.3. The van der Waals surface area contributed by atoms with E-state index in [4.69, 9.17) is 10.5 Å². The van der Waals surface area contributed by atoms with Gasteiger partial charge in [0.25, 0.3) is 5.91 Å². The van der Waals surface area contributed by atoms with Crippen LogP contribution in [-0.4, -0.2) is 16.9 Å². The molecule has 6 nitrogen and oxygen atoms in total. The van der Waals surface area contributed by atoms with Crippen molar-refractivity contribution >= 4 is 23.4 Å². The highest BCUT2D eigenvalue weighted by Gasteiger charge is 2.25. The van der Waals surface area contributed by atoms with Crippen LogP contribution in [0.1, 0.15) is 38.0 Å². The smallest absolute Gasteiger partial charge is 0.303 e. The van der Waals surface area contributed by atoms with Crippen LogP contribution in [-0.2, 0) is 14.3 Å². The lowest BCUT2D eigenvalue weighted by Gasteiger charge is -2.18. The van der Waals surface area contributed by atoms with E-state index in [9.17, 15) is 18.4 Å².